The van der Waals surface area contributed by atoms with E-state index in [1.807, 2.05) is 0 Å². The Bertz CT molecular complexity index is 398. The highest BCUT2D eigenvalue weighted by Crippen LogP contribution is 2.41. The number of hydrogen-bond acceptors (Lipinski definition) is 4. The number of aliphatic hydroxyl groups excluding tert-OH is 1. The van der Waals surface area contributed by atoms with Crippen molar-refractivity contribution < 1.29 is 23.4 Å². The fraction of sp³-hybridized carbons (Fsp3) is 0.400. The number of nitrogens with two attached hydrogens (primary N) is 1. The van der Waals surface area contributed by atoms with E-state index in [1.54, 1.807) is 0 Å². The predicted molar refractivity (Wildman–Crippen MR) is 51.5 cm³/mol. The van der Waals surface area contributed by atoms with Crippen LogP contribution in [0.1, 0.15) is 23.6 Å². The lowest BCUT2D eigenvalue weighted by Gasteiger charge is -2.13. The molecule has 6 heteroatoms. The molecule has 4 nitrogen and oxygen atoms in total. The largest absolute Gasteiger partial charge is 0.454 e. The molecule has 1 heterocycles. The van der Waals surface area contributed by atoms with Crippen molar-refractivity contribution in [2.45, 2.75) is 12.5 Å². The molecular formula is C10H11F2NO3. The van der Waals surface area contributed by atoms with Gasteiger partial charge in [0.2, 0.25) is 6.79 Å². The molecule has 3 N–H and O–H groups in total. The summed E-state index contributed by atoms with van der Waals surface area (Å²) in [6.07, 6.45) is -2.61. The minimum atomic E-state index is -2.61. The zero-order valence-electron chi connectivity index (χ0n) is 8.32. The van der Waals surface area contributed by atoms with E-state index in [1.165, 1.54) is 12.1 Å². The number of aliphatic hydroxyl groups is 1. The molecule has 2 rings (SSSR count). The Kier molecular flexibility index (Phi) is 2.93. The summed E-state index contributed by atoms with van der Waals surface area (Å²) in [6, 6.07) is 1.70. The molecule has 88 valence electrons. The molecule has 1 aliphatic heterocycles. The lowest BCUT2D eigenvalue weighted by Crippen LogP contribution is -2.15. The fourth-order valence-electron chi connectivity index (χ4n) is 1.56. The van der Waals surface area contributed by atoms with Gasteiger partial charge < -0.3 is 20.3 Å². The van der Waals surface area contributed by atoms with Crippen LogP contribution in [0.5, 0.6) is 11.5 Å². The van der Waals surface area contributed by atoms with Gasteiger partial charge in [-0.05, 0) is 12.1 Å². The van der Waals surface area contributed by atoms with Gasteiger partial charge in [0.15, 0.2) is 11.5 Å². The molecule has 0 fully saturated rings. The molecule has 0 saturated heterocycles. The first-order valence-electron chi connectivity index (χ1n) is 4.71. The summed E-state index contributed by atoms with van der Waals surface area (Å²) in [7, 11) is 0. The maximum Gasteiger partial charge on any atom is 0.263 e. The van der Waals surface area contributed by atoms with Crippen molar-refractivity contribution in [3.63, 3.8) is 0 Å². The van der Waals surface area contributed by atoms with E-state index in [0.717, 1.165) is 0 Å². The molecule has 1 aliphatic rings. The number of halogens is 2. The van der Waals surface area contributed by atoms with Crippen LogP contribution in [0.3, 0.4) is 0 Å². The van der Waals surface area contributed by atoms with E-state index in [9.17, 15) is 8.78 Å². The maximum atomic E-state index is 12.6. The minimum absolute atomic E-state index is 0.0207. The summed E-state index contributed by atoms with van der Waals surface area (Å²) in [5.41, 5.74) is 5.75. The highest BCUT2D eigenvalue weighted by Gasteiger charge is 2.24. The Hall–Kier alpha value is -1.40. The first-order chi connectivity index (χ1) is 7.63. The first-order valence-corrected chi connectivity index (χ1v) is 4.71. The quantitative estimate of drug-likeness (QED) is 0.824. The third-order valence-electron chi connectivity index (χ3n) is 2.37. The topological polar surface area (TPSA) is 64.7 Å². The van der Waals surface area contributed by atoms with Crippen LogP contribution in [0.25, 0.3) is 0 Å². The molecule has 1 aromatic rings. The van der Waals surface area contributed by atoms with Gasteiger partial charge in [0.05, 0.1) is 12.6 Å². The summed E-state index contributed by atoms with van der Waals surface area (Å²) >= 11 is 0. The predicted octanol–water partition coefficient (Wildman–Crippen LogP) is 1.34. The van der Waals surface area contributed by atoms with Crippen LogP contribution in [-0.4, -0.2) is 18.5 Å². The van der Waals surface area contributed by atoms with Gasteiger partial charge in [-0.2, -0.15) is 0 Å². The Morgan fingerprint density at radius 1 is 1.38 bits per heavy atom. The molecule has 0 spiro atoms. The SMILES string of the molecule is NC(CO)c1cc(C(F)F)cc2c1OCO2. The Morgan fingerprint density at radius 3 is 2.75 bits per heavy atom. The molecule has 1 atom stereocenters. The van der Waals surface area contributed by atoms with E-state index in [0.29, 0.717) is 11.3 Å². The third kappa shape index (κ3) is 1.81. The molecule has 0 aliphatic carbocycles. The molecule has 16 heavy (non-hydrogen) atoms. The van der Waals surface area contributed by atoms with Crippen LogP contribution >= 0.6 is 0 Å². The second kappa shape index (κ2) is 4.23. The van der Waals surface area contributed by atoms with E-state index in [4.69, 9.17) is 20.3 Å². The van der Waals surface area contributed by atoms with Gasteiger partial charge in [-0.15, -0.1) is 0 Å². The summed E-state index contributed by atoms with van der Waals surface area (Å²) < 4.78 is 35.3. The van der Waals surface area contributed by atoms with Crippen molar-refractivity contribution in [3.8, 4) is 11.5 Å². The highest BCUT2D eigenvalue weighted by atomic mass is 19.3. The fourth-order valence-corrected chi connectivity index (χ4v) is 1.56. The van der Waals surface area contributed by atoms with E-state index in [-0.39, 0.29) is 24.7 Å². The molecule has 1 unspecified atom stereocenters. The van der Waals surface area contributed by atoms with Gasteiger partial charge in [0.25, 0.3) is 6.43 Å². The number of ether oxygens (including phenoxy) is 2. The van der Waals surface area contributed by atoms with E-state index >= 15 is 0 Å². The lowest BCUT2D eigenvalue weighted by atomic mass is 10.0. The van der Waals surface area contributed by atoms with Crippen molar-refractivity contribution in [2.75, 3.05) is 13.4 Å². The van der Waals surface area contributed by atoms with Crippen LogP contribution in [0, 0.1) is 0 Å². The van der Waals surface area contributed by atoms with Gasteiger partial charge in [-0.1, -0.05) is 0 Å². The summed E-state index contributed by atoms with van der Waals surface area (Å²) in [4.78, 5) is 0. The number of benzene rings is 1. The van der Waals surface area contributed by atoms with Crippen LogP contribution < -0.4 is 15.2 Å². The maximum absolute atomic E-state index is 12.6. The van der Waals surface area contributed by atoms with E-state index < -0.39 is 12.5 Å². The number of hydrogen-bond donors (Lipinski definition) is 2. The van der Waals surface area contributed by atoms with Crippen molar-refractivity contribution in [2.24, 2.45) is 5.73 Å². The second-order valence-corrected chi connectivity index (χ2v) is 3.43. The Morgan fingerprint density at radius 2 is 2.12 bits per heavy atom. The van der Waals surface area contributed by atoms with Gasteiger partial charge in [-0.3, -0.25) is 0 Å². The average Bonchev–Trinajstić information content (AvgIpc) is 2.74. The normalized spacial score (nSPS) is 15.6. The van der Waals surface area contributed by atoms with Crippen molar-refractivity contribution in [1.82, 2.24) is 0 Å². The number of fused-ring (bicyclic) bond motifs is 1. The molecular weight excluding hydrogens is 220 g/mol. The van der Waals surface area contributed by atoms with E-state index in [2.05, 4.69) is 0 Å². The second-order valence-electron chi connectivity index (χ2n) is 3.43. The molecule has 0 radical (unpaired) electrons. The van der Waals surface area contributed by atoms with Crippen molar-refractivity contribution in [3.05, 3.63) is 23.3 Å². The summed E-state index contributed by atoms with van der Waals surface area (Å²) in [5.74, 6) is 0.586. The summed E-state index contributed by atoms with van der Waals surface area (Å²) in [6.45, 7) is -0.365. The smallest absolute Gasteiger partial charge is 0.263 e. The van der Waals surface area contributed by atoms with Crippen molar-refractivity contribution in [1.29, 1.82) is 0 Å². The minimum Gasteiger partial charge on any atom is -0.454 e. The van der Waals surface area contributed by atoms with Crippen LogP contribution in [-0.2, 0) is 0 Å². The van der Waals surface area contributed by atoms with Crippen molar-refractivity contribution >= 4 is 0 Å². The van der Waals surface area contributed by atoms with Gasteiger partial charge in [-0.25, -0.2) is 8.78 Å². The Labute approximate surface area is 90.6 Å². The number of rotatable bonds is 3. The lowest BCUT2D eigenvalue weighted by molar-refractivity contribution is 0.150. The van der Waals surface area contributed by atoms with Gasteiger partial charge in [0, 0.05) is 11.1 Å². The number of alkyl halides is 2. The highest BCUT2D eigenvalue weighted by molar-refractivity contribution is 5.52. The van der Waals surface area contributed by atoms with Gasteiger partial charge >= 0.3 is 0 Å². The molecule has 1 aromatic carbocycles. The average molecular weight is 231 g/mol. The monoisotopic (exact) mass is 231 g/mol. The summed E-state index contributed by atoms with van der Waals surface area (Å²) in [5, 5.41) is 8.94. The molecule has 0 bridgehead atoms. The first kappa shape index (κ1) is 11.1. The van der Waals surface area contributed by atoms with Gasteiger partial charge in [0.1, 0.15) is 0 Å². The molecule has 0 amide bonds. The standard InChI is InChI=1S/C10H11F2NO3/c11-10(12)5-1-6(7(13)3-14)9-8(2-5)15-4-16-9/h1-2,7,10,14H,3-4,13H2. The third-order valence-corrected chi connectivity index (χ3v) is 2.37. The molecule has 0 saturated carbocycles. The zero-order chi connectivity index (χ0) is 11.7. The zero-order valence-corrected chi connectivity index (χ0v) is 8.32. The Balaban J connectivity index is 2.49. The van der Waals surface area contributed by atoms with Crippen LogP contribution in [0.2, 0.25) is 0 Å². The van der Waals surface area contributed by atoms with Crippen LogP contribution in [0.4, 0.5) is 8.78 Å². The van der Waals surface area contributed by atoms with Crippen LogP contribution in [0.15, 0.2) is 12.1 Å². The molecule has 0 aromatic heterocycles.